The number of hydrogen-bond acceptors (Lipinski definition) is 4. The highest BCUT2D eigenvalue weighted by Crippen LogP contribution is 2.14. The molecule has 84 valence electrons. The van der Waals surface area contributed by atoms with Gasteiger partial charge in [0.1, 0.15) is 5.82 Å². The van der Waals surface area contributed by atoms with E-state index in [9.17, 15) is 4.79 Å². The number of imidazole rings is 1. The molecule has 0 amide bonds. The summed E-state index contributed by atoms with van der Waals surface area (Å²) in [6.45, 7) is 0.620. The number of pyridine rings is 1. The Hall–Kier alpha value is -1.95. The molecule has 2 aromatic rings. The summed E-state index contributed by atoms with van der Waals surface area (Å²) in [5.74, 6) is -0.270. The summed E-state index contributed by atoms with van der Waals surface area (Å²) in [5.41, 5.74) is 1.12. The Labute approximate surface area is 91.9 Å². The minimum atomic E-state index is -0.979. The van der Waals surface area contributed by atoms with E-state index >= 15 is 0 Å². The Morgan fingerprint density at radius 1 is 1.56 bits per heavy atom. The first kappa shape index (κ1) is 10.6. The second-order valence-electron chi connectivity index (χ2n) is 3.78. The second-order valence-corrected chi connectivity index (χ2v) is 3.78. The van der Waals surface area contributed by atoms with E-state index in [2.05, 4.69) is 15.0 Å². The van der Waals surface area contributed by atoms with Crippen molar-refractivity contribution in [2.24, 2.45) is 0 Å². The van der Waals surface area contributed by atoms with E-state index in [1.807, 2.05) is 19.0 Å². The number of nitrogens with one attached hydrogen (secondary N) is 1. The van der Waals surface area contributed by atoms with E-state index in [4.69, 9.17) is 5.11 Å². The molecule has 2 aromatic heterocycles. The van der Waals surface area contributed by atoms with Crippen molar-refractivity contribution < 1.29 is 9.90 Å². The van der Waals surface area contributed by atoms with E-state index < -0.39 is 5.97 Å². The number of nitrogens with zero attached hydrogens (tertiary/aromatic N) is 3. The van der Waals surface area contributed by atoms with Gasteiger partial charge in [-0.2, -0.15) is 0 Å². The first-order chi connectivity index (χ1) is 7.58. The lowest BCUT2D eigenvalue weighted by Crippen LogP contribution is -2.11. The second kappa shape index (κ2) is 3.90. The van der Waals surface area contributed by atoms with Crippen LogP contribution in [0.5, 0.6) is 0 Å². The third-order valence-electron chi connectivity index (χ3n) is 2.14. The number of carbonyl (C=O) groups is 1. The summed E-state index contributed by atoms with van der Waals surface area (Å²) in [6.07, 6.45) is 1.45. The molecule has 6 nitrogen and oxygen atoms in total. The molecule has 2 rings (SSSR count). The molecule has 2 N–H and O–H groups in total. The highest BCUT2D eigenvalue weighted by Gasteiger charge is 2.13. The third-order valence-corrected chi connectivity index (χ3v) is 2.14. The number of aromatic nitrogens is 3. The number of carboxylic acid groups (broad SMARTS) is 1. The monoisotopic (exact) mass is 220 g/mol. The molecular weight excluding hydrogens is 208 g/mol. The molecule has 2 heterocycles. The molecule has 0 spiro atoms. The molecule has 0 bridgehead atoms. The van der Waals surface area contributed by atoms with E-state index in [0.29, 0.717) is 23.5 Å². The van der Waals surface area contributed by atoms with E-state index in [1.54, 1.807) is 0 Å². The van der Waals surface area contributed by atoms with Gasteiger partial charge in [0.25, 0.3) is 0 Å². The highest BCUT2D eigenvalue weighted by molar-refractivity contribution is 5.99. The van der Waals surface area contributed by atoms with Gasteiger partial charge in [-0.3, -0.25) is 0 Å². The third kappa shape index (κ3) is 1.87. The average Bonchev–Trinajstić information content (AvgIpc) is 2.57. The van der Waals surface area contributed by atoms with Crippen LogP contribution in [0.25, 0.3) is 11.2 Å². The van der Waals surface area contributed by atoms with Crippen LogP contribution in [0.3, 0.4) is 0 Å². The van der Waals surface area contributed by atoms with Crippen LogP contribution in [-0.2, 0) is 6.54 Å². The van der Waals surface area contributed by atoms with Crippen molar-refractivity contribution in [1.29, 1.82) is 0 Å². The van der Waals surface area contributed by atoms with Crippen LogP contribution in [0.15, 0.2) is 12.3 Å². The van der Waals surface area contributed by atoms with Gasteiger partial charge in [-0.15, -0.1) is 0 Å². The van der Waals surface area contributed by atoms with Crippen molar-refractivity contribution in [2.75, 3.05) is 14.1 Å². The Kier molecular flexibility index (Phi) is 2.57. The number of aromatic amines is 1. The van der Waals surface area contributed by atoms with Gasteiger partial charge in [-0.1, -0.05) is 0 Å². The summed E-state index contributed by atoms with van der Waals surface area (Å²) in [7, 11) is 3.83. The molecule has 0 aliphatic heterocycles. The molecule has 0 aliphatic carbocycles. The minimum absolute atomic E-state index is 0.197. The van der Waals surface area contributed by atoms with Crippen LogP contribution in [0.1, 0.15) is 16.2 Å². The maximum atomic E-state index is 11.0. The zero-order valence-electron chi connectivity index (χ0n) is 9.06. The Balaban J connectivity index is 2.52. The fraction of sp³-hybridized carbons (Fsp3) is 0.300. The van der Waals surface area contributed by atoms with Crippen LogP contribution in [0.2, 0.25) is 0 Å². The van der Waals surface area contributed by atoms with Crippen LogP contribution >= 0.6 is 0 Å². The van der Waals surface area contributed by atoms with Crippen molar-refractivity contribution in [3.05, 3.63) is 23.7 Å². The molecule has 0 radical (unpaired) electrons. The molecule has 0 unspecified atom stereocenters. The van der Waals surface area contributed by atoms with Crippen molar-refractivity contribution >= 4 is 17.1 Å². The van der Waals surface area contributed by atoms with Crippen LogP contribution in [-0.4, -0.2) is 45.0 Å². The highest BCUT2D eigenvalue weighted by atomic mass is 16.4. The molecule has 0 fully saturated rings. The van der Waals surface area contributed by atoms with Crippen LogP contribution in [0.4, 0.5) is 0 Å². The predicted molar refractivity (Wildman–Crippen MR) is 58.2 cm³/mol. The molecular formula is C10H12N4O2. The number of hydrogen-bond donors (Lipinski definition) is 2. The summed E-state index contributed by atoms with van der Waals surface area (Å²) in [5, 5.41) is 8.99. The van der Waals surface area contributed by atoms with E-state index in [-0.39, 0.29) is 5.56 Å². The van der Waals surface area contributed by atoms with E-state index in [1.165, 1.54) is 12.3 Å². The quantitative estimate of drug-likeness (QED) is 0.796. The fourth-order valence-electron chi connectivity index (χ4n) is 1.51. The van der Waals surface area contributed by atoms with Crippen molar-refractivity contribution in [1.82, 2.24) is 19.9 Å². The van der Waals surface area contributed by atoms with Gasteiger partial charge in [0.05, 0.1) is 17.6 Å². The first-order valence-corrected chi connectivity index (χ1v) is 4.79. The molecule has 0 aliphatic rings. The van der Waals surface area contributed by atoms with Crippen molar-refractivity contribution in [3.8, 4) is 0 Å². The molecule has 0 saturated heterocycles. The number of carboxylic acids is 1. The number of H-pyrrole nitrogens is 1. The first-order valence-electron chi connectivity index (χ1n) is 4.79. The lowest BCUT2D eigenvalue weighted by Gasteiger charge is -2.04. The Morgan fingerprint density at radius 3 is 2.94 bits per heavy atom. The van der Waals surface area contributed by atoms with Crippen LogP contribution in [0, 0.1) is 0 Å². The smallest absolute Gasteiger partial charge is 0.338 e. The fourth-order valence-corrected chi connectivity index (χ4v) is 1.51. The average molecular weight is 220 g/mol. The molecule has 0 aromatic carbocycles. The maximum absolute atomic E-state index is 11.0. The lowest BCUT2D eigenvalue weighted by atomic mass is 10.2. The van der Waals surface area contributed by atoms with Crippen molar-refractivity contribution in [2.45, 2.75) is 6.54 Å². The largest absolute Gasteiger partial charge is 0.478 e. The SMILES string of the molecule is CN(C)Cc1nc2nccc(C(=O)O)c2[nH]1. The van der Waals surface area contributed by atoms with Crippen molar-refractivity contribution in [3.63, 3.8) is 0 Å². The van der Waals surface area contributed by atoms with Gasteiger partial charge in [-0.05, 0) is 20.2 Å². The summed E-state index contributed by atoms with van der Waals surface area (Å²) in [4.78, 5) is 24.1. The standard InChI is InChI=1S/C10H12N4O2/c1-14(2)5-7-12-8-6(10(15)16)3-4-11-9(8)13-7/h3-4H,5H2,1-2H3,(H,15,16)(H,11,12,13). The number of aromatic carboxylic acids is 1. The zero-order valence-corrected chi connectivity index (χ0v) is 9.06. The van der Waals surface area contributed by atoms with Gasteiger partial charge in [0, 0.05) is 6.20 Å². The summed E-state index contributed by atoms with van der Waals surface area (Å²) < 4.78 is 0. The number of rotatable bonds is 3. The predicted octanol–water partition coefficient (Wildman–Crippen LogP) is 0.718. The molecule has 0 saturated carbocycles. The van der Waals surface area contributed by atoms with Gasteiger partial charge in [-0.25, -0.2) is 14.8 Å². The maximum Gasteiger partial charge on any atom is 0.338 e. The normalized spacial score (nSPS) is 11.2. The Bertz CT molecular complexity index is 533. The van der Waals surface area contributed by atoms with Gasteiger partial charge < -0.3 is 15.0 Å². The van der Waals surface area contributed by atoms with E-state index in [0.717, 1.165) is 0 Å². The molecule has 0 atom stereocenters. The number of fused-ring (bicyclic) bond motifs is 1. The Morgan fingerprint density at radius 2 is 2.31 bits per heavy atom. The summed E-state index contributed by atoms with van der Waals surface area (Å²) >= 11 is 0. The molecule has 6 heteroatoms. The van der Waals surface area contributed by atoms with Gasteiger partial charge in [0.15, 0.2) is 5.65 Å². The van der Waals surface area contributed by atoms with Gasteiger partial charge in [0.2, 0.25) is 0 Å². The van der Waals surface area contributed by atoms with Crippen LogP contribution < -0.4 is 0 Å². The van der Waals surface area contributed by atoms with Gasteiger partial charge >= 0.3 is 5.97 Å². The lowest BCUT2D eigenvalue weighted by molar-refractivity contribution is 0.0699. The summed E-state index contributed by atoms with van der Waals surface area (Å²) in [6, 6.07) is 1.46. The molecule has 16 heavy (non-hydrogen) atoms. The minimum Gasteiger partial charge on any atom is -0.478 e. The zero-order chi connectivity index (χ0) is 11.7. The topological polar surface area (TPSA) is 82.1 Å².